The molecule has 44 heavy (non-hydrogen) atoms. The number of sulfone groups is 1. The summed E-state index contributed by atoms with van der Waals surface area (Å²) in [4.78, 5) is 51.4. The van der Waals surface area contributed by atoms with Gasteiger partial charge in [-0.2, -0.15) is 5.10 Å². The maximum atomic E-state index is 13.3. The summed E-state index contributed by atoms with van der Waals surface area (Å²) in [7, 11) is -2.02. The zero-order chi connectivity index (χ0) is 33.8. The first-order chi connectivity index (χ1) is 20.3. The van der Waals surface area contributed by atoms with E-state index in [4.69, 9.17) is 4.74 Å². The average Bonchev–Trinajstić information content (AvgIpc) is 3.31. The molecule has 4 amide bonds. The Morgan fingerprint density at radius 3 is 2.07 bits per heavy atom. The van der Waals surface area contributed by atoms with E-state index in [1.165, 1.54) is 4.68 Å². The first-order valence-corrected chi connectivity index (χ1v) is 17.0. The molecular formula is C29H52N6O8S. The summed E-state index contributed by atoms with van der Waals surface area (Å²) in [5.74, 6) is -2.88. The number of amides is 4. The number of aromatic nitrogens is 2. The largest absolute Gasteiger partial charge is 0.443 e. The third-order valence-corrected chi connectivity index (χ3v) is 7.63. The van der Waals surface area contributed by atoms with Crippen LogP contribution >= 0.6 is 0 Å². The van der Waals surface area contributed by atoms with Crippen molar-refractivity contribution in [3.8, 4) is 0 Å². The summed E-state index contributed by atoms with van der Waals surface area (Å²) in [6, 6.07) is -1.48. The fourth-order valence-electron chi connectivity index (χ4n) is 4.33. The monoisotopic (exact) mass is 644 g/mol. The Morgan fingerprint density at radius 1 is 0.932 bits per heavy atom. The van der Waals surface area contributed by atoms with Crippen LogP contribution in [0.25, 0.3) is 0 Å². The van der Waals surface area contributed by atoms with Crippen molar-refractivity contribution in [2.24, 2.45) is 30.7 Å². The van der Waals surface area contributed by atoms with Crippen LogP contribution in [0, 0.1) is 23.7 Å². The van der Waals surface area contributed by atoms with Crippen molar-refractivity contribution in [1.29, 1.82) is 0 Å². The number of nitrogens with zero attached hydrogens (tertiary/aromatic N) is 2. The molecule has 0 fully saturated rings. The lowest BCUT2D eigenvalue weighted by molar-refractivity contribution is -0.132. The zero-order valence-corrected chi connectivity index (χ0v) is 28.2. The van der Waals surface area contributed by atoms with Crippen LogP contribution in [0.15, 0.2) is 12.3 Å². The van der Waals surface area contributed by atoms with Gasteiger partial charge in [-0.15, -0.1) is 0 Å². The van der Waals surface area contributed by atoms with Crippen LogP contribution < -0.4 is 21.3 Å². The lowest BCUT2D eigenvalue weighted by Gasteiger charge is -2.30. The summed E-state index contributed by atoms with van der Waals surface area (Å²) >= 11 is 0. The van der Waals surface area contributed by atoms with E-state index in [0.717, 1.165) is 6.26 Å². The van der Waals surface area contributed by atoms with Crippen LogP contribution in [-0.4, -0.2) is 89.9 Å². The molecule has 5 N–H and O–H groups in total. The molecule has 14 nitrogen and oxygen atoms in total. The predicted molar refractivity (Wildman–Crippen MR) is 166 cm³/mol. The number of rotatable bonds is 18. The van der Waals surface area contributed by atoms with Gasteiger partial charge in [-0.1, -0.05) is 48.5 Å². The Kier molecular flexibility index (Phi) is 15.8. The van der Waals surface area contributed by atoms with E-state index in [0.29, 0.717) is 18.7 Å². The smallest absolute Gasteiger partial charge is 0.408 e. The lowest BCUT2D eigenvalue weighted by atomic mass is 9.91. The van der Waals surface area contributed by atoms with Crippen LogP contribution in [0.3, 0.4) is 0 Å². The summed E-state index contributed by atoms with van der Waals surface area (Å²) in [5.41, 5.74) is 0.459. The molecule has 0 aliphatic heterocycles. The van der Waals surface area contributed by atoms with Gasteiger partial charge in [0.15, 0.2) is 0 Å². The van der Waals surface area contributed by atoms with Crippen molar-refractivity contribution in [2.45, 2.75) is 92.1 Å². The predicted octanol–water partition coefficient (Wildman–Crippen LogP) is 0.891. The van der Waals surface area contributed by atoms with Crippen LogP contribution in [0.5, 0.6) is 0 Å². The minimum absolute atomic E-state index is 0.0127. The van der Waals surface area contributed by atoms with E-state index >= 15 is 0 Å². The standard InChI is InChI=1S/C29H52N6O8S/c1-17(2)12-22(24(36)13-20(7)26(37)33-25(19(5)6)28(39)30-14-18(3)4)31-27(38)23(16-44(9,41)42)32-29(40)43-15-21-10-11-35(8)34-21/h10-11,17-20,22-25,36H,12-16H2,1-9H3,(H,30,39)(H,31,38)(H,32,40)(H,33,37)/t20-,22-,23+,24+,25-/m1/s1. The molecule has 252 valence electrons. The SMILES string of the molecule is CC(C)CNC(=O)[C@H](NC(=O)[C@H](C)C[C@H](O)[C@@H](CC(C)C)NC(=O)[C@H](CS(C)(=O)=O)NC(=O)OCc1ccn(C)n1)C(C)C. The Hall–Kier alpha value is -3.20. The molecule has 5 atom stereocenters. The third-order valence-electron chi connectivity index (χ3n) is 6.69. The van der Waals surface area contributed by atoms with Crippen molar-refractivity contribution in [3.05, 3.63) is 18.0 Å². The fraction of sp³-hybridized carbons (Fsp3) is 0.759. The maximum Gasteiger partial charge on any atom is 0.408 e. The second kappa shape index (κ2) is 17.9. The van der Waals surface area contributed by atoms with E-state index in [2.05, 4.69) is 26.4 Å². The fourth-order valence-corrected chi connectivity index (χ4v) is 5.17. The molecule has 1 rings (SSSR count). The van der Waals surface area contributed by atoms with Crippen molar-refractivity contribution < 1.29 is 37.4 Å². The highest BCUT2D eigenvalue weighted by molar-refractivity contribution is 7.90. The molecule has 0 unspecified atom stereocenters. The van der Waals surface area contributed by atoms with E-state index in [9.17, 15) is 32.7 Å². The molecule has 0 bridgehead atoms. The second-order valence-corrected chi connectivity index (χ2v) is 14.8. The van der Waals surface area contributed by atoms with Gasteiger partial charge in [0.2, 0.25) is 17.7 Å². The number of hydrogen-bond acceptors (Lipinski definition) is 9. The average molecular weight is 645 g/mol. The van der Waals surface area contributed by atoms with Gasteiger partial charge in [-0.25, -0.2) is 13.2 Å². The normalized spacial score (nSPS) is 15.3. The molecule has 0 aliphatic carbocycles. The topological polar surface area (TPSA) is 198 Å². The Labute approximate surface area is 261 Å². The number of carbonyl (C=O) groups is 4. The first-order valence-electron chi connectivity index (χ1n) is 14.9. The van der Waals surface area contributed by atoms with E-state index < -0.39 is 63.6 Å². The molecule has 1 aromatic heterocycles. The quantitative estimate of drug-likeness (QED) is 0.154. The number of aryl methyl sites for hydroxylation is 1. The molecule has 0 aromatic carbocycles. The van der Waals surface area contributed by atoms with Crippen molar-refractivity contribution in [1.82, 2.24) is 31.0 Å². The summed E-state index contributed by atoms with van der Waals surface area (Å²) in [6.07, 6.45) is 0.658. The number of ether oxygens (including phenoxy) is 1. The molecule has 15 heteroatoms. The highest BCUT2D eigenvalue weighted by Crippen LogP contribution is 2.17. The highest BCUT2D eigenvalue weighted by Gasteiger charge is 2.33. The Morgan fingerprint density at radius 2 is 1.57 bits per heavy atom. The minimum atomic E-state index is -3.72. The van der Waals surface area contributed by atoms with E-state index in [1.54, 1.807) is 26.2 Å². The summed E-state index contributed by atoms with van der Waals surface area (Å²) in [6.45, 7) is 13.2. The van der Waals surface area contributed by atoms with Gasteiger partial charge in [0.05, 0.1) is 23.6 Å². The summed E-state index contributed by atoms with van der Waals surface area (Å²) < 4.78 is 30.8. The van der Waals surface area contributed by atoms with Crippen LogP contribution in [0.1, 0.15) is 67.0 Å². The molecule has 0 spiro atoms. The third kappa shape index (κ3) is 15.0. The molecule has 0 saturated heterocycles. The minimum Gasteiger partial charge on any atom is -0.443 e. The number of aliphatic hydroxyl groups is 1. The lowest BCUT2D eigenvalue weighted by Crippen LogP contribution is -2.55. The van der Waals surface area contributed by atoms with Crippen LogP contribution in [0.2, 0.25) is 0 Å². The van der Waals surface area contributed by atoms with Crippen LogP contribution in [-0.2, 0) is 42.6 Å². The van der Waals surface area contributed by atoms with Gasteiger partial charge in [-0.3, -0.25) is 19.1 Å². The van der Waals surface area contributed by atoms with E-state index in [-0.39, 0.29) is 36.7 Å². The number of hydrogen-bond donors (Lipinski definition) is 5. The number of nitrogens with one attached hydrogen (secondary N) is 4. The second-order valence-electron chi connectivity index (χ2n) is 12.7. The Bertz CT molecular complexity index is 1200. The van der Waals surface area contributed by atoms with Gasteiger partial charge in [0.25, 0.3) is 0 Å². The molecule has 0 aliphatic rings. The Balaban J connectivity index is 2.95. The van der Waals surface area contributed by atoms with E-state index in [1.807, 2.05) is 41.5 Å². The maximum absolute atomic E-state index is 13.3. The zero-order valence-electron chi connectivity index (χ0n) is 27.4. The number of aliphatic hydroxyl groups excluding tert-OH is 1. The number of alkyl carbamates (subject to hydrolysis) is 1. The van der Waals surface area contributed by atoms with Crippen LogP contribution in [0.4, 0.5) is 4.79 Å². The van der Waals surface area contributed by atoms with Gasteiger partial charge >= 0.3 is 6.09 Å². The summed E-state index contributed by atoms with van der Waals surface area (Å²) in [5, 5.41) is 25.8. The molecule has 1 heterocycles. The molecule has 0 saturated carbocycles. The van der Waals surface area contributed by atoms with Gasteiger partial charge < -0.3 is 31.1 Å². The van der Waals surface area contributed by atoms with Gasteiger partial charge in [0, 0.05) is 32.0 Å². The molecular weight excluding hydrogens is 592 g/mol. The first kappa shape index (κ1) is 38.8. The highest BCUT2D eigenvalue weighted by atomic mass is 32.2. The van der Waals surface area contributed by atoms with Gasteiger partial charge in [-0.05, 0) is 36.7 Å². The van der Waals surface area contributed by atoms with Crippen molar-refractivity contribution >= 4 is 33.7 Å². The molecule has 0 radical (unpaired) electrons. The van der Waals surface area contributed by atoms with Crippen molar-refractivity contribution in [2.75, 3.05) is 18.6 Å². The molecule has 1 aromatic rings. The number of carbonyl (C=O) groups excluding carboxylic acids is 4. The van der Waals surface area contributed by atoms with Gasteiger partial charge in [0.1, 0.15) is 28.5 Å². The van der Waals surface area contributed by atoms with Crippen molar-refractivity contribution in [3.63, 3.8) is 0 Å².